The molecule has 0 unspecified atom stereocenters. The molecule has 1 N–H and O–H groups in total. The van der Waals surface area contributed by atoms with Crippen LogP contribution in [0.3, 0.4) is 0 Å². The monoisotopic (exact) mass is 435 g/mol. The number of hydrogen-bond acceptors (Lipinski definition) is 4. The summed E-state index contributed by atoms with van der Waals surface area (Å²) in [5.41, 5.74) is 4.72. The molecule has 0 aliphatic carbocycles. The number of aryl methyl sites for hydroxylation is 1. The lowest BCUT2D eigenvalue weighted by Gasteiger charge is -2.15. The van der Waals surface area contributed by atoms with Gasteiger partial charge in [0.25, 0.3) is 0 Å². The molecule has 0 saturated carbocycles. The molecule has 0 bridgehead atoms. The average Bonchev–Trinajstić information content (AvgIpc) is 3.03. The molecule has 146 valence electrons. The predicted octanol–water partition coefficient (Wildman–Crippen LogP) is 6.33. The number of aliphatic carboxylic acids is 1. The van der Waals surface area contributed by atoms with Gasteiger partial charge in [-0.15, -0.1) is 0 Å². The van der Waals surface area contributed by atoms with Crippen LogP contribution in [0.5, 0.6) is 5.75 Å². The third-order valence-electron chi connectivity index (χ3n) is 4.69. The van der Waals surface area contributed by atoms with Crippen molar-refractivity contribution in [1.29, 1.82) is 0 Å². The second-order valence-electron chi connectivity index (χ2n) is 6.42. The smallest absolute Gasteiger partial charge is 0.303 e. The number of nitrogens with zero attached hydrogens (tertiary/aromatic N) is 1. The van der Waals surface area contributed by atoms with Gasteiger partial charge in [-0.3, -0.25) is 4.79 Å². The van der Waals surface area contributed by atoms with E-state index in [2.05, 4.69) is 4.37 Å². The lowest BCUT2D eigenvalue weighted by molar-refractivity contribution is -0.136. The van der Waals surface area contributed by atoms with Gasteiger partial charge >= 0.3 is 5.97 Å². The average molecular weight is 436 g/mol. The first-order valence-corrected chi connectivity index (χ1v) is 10.2. The van der Waals surface area contributed by atoms with E-state index >= 15 is 0 Å². The van der Waals surface area contributed by atoms with Gasteiger partial charge < -0.3 is 9.84 Å². The van der Waals surface area contributed by atoms with Crippen LogP contribution < -0.4 is 4.74 Å². The summed E-state index contributed by atoms with van der Waals surface area (Å²) < 4.78 is 10.3. The molecule has 7 heteroatoms. The third kappa shape index (κ3) is 4.49. The molecule has 0 fully saturated rings. The number of ether oxygens (including phenoxy) is 1. The van der Waals surface area contributed by atoms with Crippen LogP contribution in [0, 0.1) is 13.8 Å². The zero-order valence-electron chi connectivity index (χ0n) is 15.5. The molecule has 0 aliphatic heterocycles. The number of carboxylic acids is 1. The highest BCUT2D eigenvalue weighted by atomic mass is 35.5. The normalized spacial score (nSPS) is 10.9. The minimum atomic E-state index is -0.802. The molecule has 2 aromatic carbocycles. The molecule has 0 amide bonds. The first-order valence-electron chi connectivity index (χ1n) is 8.71. The summed E-state index contributed by atoms with van der Waals surface area (Å²) in [4.78, 5) is 11.7. The molecular weight excluding hydrogens is 417 g/mol. The van der Waals surface area contributed by atoms with Crippen molar-refractivity contribution in [3.8, 4) is 16.2 Å². The first kappa shape index (κ1) is 20.6. The molecule has 3 aromatic rings. The van der Waals surface area contributed by atoms with Crippen LogP contribution in [0.2, 0.25) is 10.2 Å². The van der Waals surface area contributed by atoms with E-state index < -0.39 is 5.97 Å². The number of benzene rings is 2. The van der Waals surface area contributed by atoms with Crippen LogP contribution in [0.15, 0.2) is 36.4 Å². The molecule has 4 nitrogen and oxygen atoms in total. The molecule has 0 spiro atoms. The lowest BCUT2D eigenvalue weighted by Crippen LogP contribution is -2.03. The Morgan fingerprint density at radius 1 is 1.14 bits per heavy atom. The second kappa shape index (κ2) is 8.95. The van der Waals surface area contributed by atoms with Crippen molar-refractivity contribution in [2.45, 2.75) is 33.3 Å². The zero-order valence-corrected chi connectivity index (χ0v) is 17.8. The Morgan fingerprint density at radius 2 is 1.89 bits per heavy atom. The molecule has 0 aliphatic rings. The highest BCUT2D eigenvalue weighted by Gasteiger charge is 2.17. The molecule has 1 aromatic heterocycles. The summed E-state index contributed by atoms with van der Waals surface area (Å²) in [5.74, 6) is -0.0620. The van der Waals surface area contributed by atoms with E-state index in [1.807, 2.05) is 50.2 Å². The molecule has 1 heterocycles. The van der Waals surface area contributed by atoms with Crippen LogP contribution >= 0.6 is 34.7 Å². The Kier molecular flexibility index (Phi) is 6.60. The van der Waals surface area contributed by atoms with Crippen molar-refractivity contribution in [3.63, 3.8) is 0 Å². The van der Waals surface area contributed by atoms with Gasteiger partial charge in [0.05, 0.1) is 4.88 Å². The fourth-order valence-corrected chi connectivity index (χ4v) is 4.36. The fraction of sp³-hybridized carbons (Fsp3) is 0.238. The summed E-state index contributed by atoms with van der Waals surface area (Å²) in [6.45, 7) is 4.22. The van der Waals surface area contributed by atoms with Crippen LogP contribution in [0.25, 0.3) is 10.4 Å². The highest BCUT2D eigenvalue weighted by molar-refractivity contribution is 7.10. The Balaban J connectivity index is 1.82. The molecule has 0 saturated heterocycles. The zero-order chi connectivity index (χ0) is 20.3. The van der Waals surface area contributed by atoms with Crippen LogP contribution in [0.4, 0.5) is 0 Å². The van der Waals surface area contributed by atoms with E-state index in [4.69, 9.17) is 33.0 Å². The number of rotatable bonds is 7. The summed E-state index contributed by atoms with van der Waals surface area (Å²) >= 11 is 13.9. The Hall–Kier alpha value is -2.08. The summed E-state index contributed by atoms with van der Waals surface area (Å²) in [6, 6.07) is 11.4. The van der Waals surface area contributed by atoms with Crippen LogP contribution in [-0.4, -0.2) is 15.4 Å². The van der Waals surface area contributed by atoms with E-state index in [-0.39, 0.29) is 13.0 Å². The third-order valence-corrected chi connectivity index (χ3v) is 6.35. The number of carboxylic acid groups (broad SMARTS) is 1. The van der Waals surface area contributed by atoms with Crippen molar-refractivity contribution in [3.05, 3.63) is 68.8 Å². The van der Waals surface area contributed by atoms with Gasteiger partial charge in [0, 0.05) is 22.6 Å². The highest BCUT2D eigenvalue weighted by Crippen LogP contribution is 2.38. The van der Waals surface area contributed by atoms with Gasteiger partial charge in [-0.1, -0.05) is 47.5 Å². The lowest BCUT2D eigenvalue weighted by atomic mass is 9.99. The number of carbonyl (C=O) groups is 1. The maximum Gasteiger partial charge on any atom is 0.303 e. The predicted molar refractivity (Wildman–Crippen MR) is 114 cm³/mol. The first-order chi connectivity index (χ1) is 13.4. The maximum absolute atomic E-state index is 10.8. The minimum Gasteiger partial charge on any atom is -0.488 e. The minimum absolute atomic E-state index is 0.109. The van der Waals surface area contributed by atoms with Crippen molar-refractivity contribution >= 4 is 40.7 Å². The number of aromatic nitrogens is 1. The van der Waals surface area contributed by atoms with Gasteiger partial charge in [-0.05, 0) is 60.6 Å². The van der Waals surface area contributed by atoms with E-state index in [1.165, 1.54) is 11.5 Å². The largest absolute Gasteiger partial charge is 0.488 e. The van der Waals surface area contributed by atoms with E-state index in [0.717, 1.165) is 38.4 Å². The second-order valence-corrected chi connectivity index (χ2v) is 7.95. The molecular formula is C21H19Cl2NO3S. The topological polar surface area (TPSA) is 59.4 Å². The number of hydrogen-bond donors (Lipinski definition) is 1. The van der Waals surface area contributed by atoms with E-state index in [9.17, 15) is 4.79 Å². The van der Waals surface area contributed by atoms with Gasteiger partial charge in [-0.25, -0.2) is 0 Å². The quantitative estimate of drug-likeness (QED) is 0.470. The van der Waals surface area contributed by atoms with Crippen LogP contribution in [0.1, 0.15) is 28.7 Å². The molecule has 3 rings (SSSR count). The summed E-state index contributed by atoms with van der Waals surface area (Å²) in [5, 5.41) is 9.94. The van der Waals surface area contributed by atoms with Gasteiger partial charge in [0.1, 0.15) is 17.5 Å². The van der Waals surface area contributed by atoms with Crippen molar-refractivity contribution < 1.29 is 14.6 Å². The van der Waals surface area contributed by atoms with Gasteiger partial charge in [-0.2, -0.15) is 4.37 Å². The molecule has 0 atom stereocenters. The van der Waals surface area contributed by atoms with Crippen LogP contribution in [-0.2, 0) is 17.8 Å². The van der Waals surface area contributed by atoms with Gasteiger partial charge in [0.2, 0.25) is 0 Å². The SMILES string of the molecule is Cc1c(CCC(=O)O)ccc(OCc2c(Cl)nsc2-c2ccccc2Cl)c1C. The Labute approximate surface area is 177 Å². The van der Waals surface area contributed by atoms with Gasteiger partial charge in [0.15, 0.2) is 0 Å². The molecule has 28 heavy (non-hydrogen) atoms. The number of halogens is 2. The van der Waals surface area contributed by atoms with Crippen molar-refractivity contribution in [2.24, 2.45) is 0 Å². The molecule has 0 radical (unpaired) electrons. The summed E-state index contributed by atoms with van der Waals surface area (Å²) in [6.07, 6.45) is 0.608. The maximum atomic E-state index is 10.8. The summed E-state index contributed by atoms with van der Waals surface area (Å²) in [7, 11) is 0. The Morgan fingerprint density at radius 3 is 2.61 bits per heavy atom. The van der Waals surface area contributed by atoms with E-state index in [0.29, 0.717) is 16.6 Å². The Bertz CT molecular complexity index is 1020. The standard InChI is InChI=1S/C21H19Cl2NO3S/c1-12-13(2)18(9-7-14(12)8-10-19(25)26)27-11-16-20(28-24-21(16)23)15-5-3-4-6-17(15)22/h3-7,9H,8,10-11H2,1-2H3,(H,25,26). The van der Waals surface area contributed by atoms with E-state index in [1.54, 1.807) is 0 Å². The fourth-order valence-electron chi connectivity index (χ4n) is 2.94. The van der Waals surface area contributed by atoms with Crippen molar-refractivity contribution in [1.82, 2.24) is 4.37 Å². The van der Waals surface area contributed by atoms with Crippen molar-refractivity contribution in [2.75, 3.05) is 0 Å².